The van der Waals surface area contributed by atoms with Gasteiger partial charge in [0.15, 0.2) is 11.6 Å². The van der Waals surface area contributed by atoms with Crippen molar-refractivity contribution in [1.82, 2.24) is 10.2 Å². The van der Waals surface area contributed by atoms with Crippen LogP contribution in [0.4, 0.5) is 11.5 Å². The summed E-state index contributed by atoms with van der Waals surface area (Å²) in [5.41, 5.74) is 6.87. The molecule has 0 radical (unpaired) electrons. The molecule has 0 saturated carbocycles. The first-order valence-corrected chi connectivity index (χ1v) is 5.32. The van der Waals surface area contributed by atoms with Crippen molar-refractivity contribution in [2.75, 3.05) is 11.1 Å². The lowest BCUT2D eigenvalue weighted by Gasteiger charge is -2.00. The first kappa shape index (κ1) is 11.3. The first-order chi connectivity index (χ1) is 8.11. The molecule has 2 rings (SSSR count). The highest BCUT2D eigenvalue weighted by Gasteiger charge is 2.14. The van der Waals surface area contributed by atoms with E-state index in [0.29, 0.717) is 17.2 Å². The predicted octanol–water partition coefficient (Wildman–Crippen LogP) is 1.71. The van der Waals surface area contributed by atoms with Gasteiger partial charge in [-0.3, -0.25) is 9.89 Å². The van der Waals surface area contributed by atoms with Crippen LogP contribution < -0.4 is 11.1 Å². The van der Waals surface area contributed by atoms with E-state index in [1.807, 2.05) is 6.92 Å². The third-order valence-electron chi connectivity index (χ3n) is 2.46. The van der Waals surface area contributed by atoms with Gasteiger partial charge in [0, 0.05) is 6.42 Å². The lowest BCUT2D eigenvalue weighted by atomic mass is 10.3. The maximum atomic E-state index is 11.8. The summed E-state index contributed by atoms with van der Waals surface area (Å²) in [6.45, 7) is 3.73. The van der Waals surface area contributed by atoms with E-state index < -0.39 is 0 Å². The van der Waals surface area contributed by atoms with Gasteiger partial charge in [-0.1, -0.05) is 6.92 Å². The van der Waals surface area contributed by atoms with Crippen LogP contribution in [0, 0.1) is 6.92 Å². The molecule has 0 saturated heterocycles. The predicted molar refractivity (Wildman–Crippen MR) is 63.8 cm³/mol. The Hall–Kier alpha value is -2.24. The van der Waals surface area contributed by atoms with Crippen molar-refractivity contribution in [2.24, 2.45) is 0 Å². The molecule has 0 atom stereocenters. The summed E-state index contributed by atoms with van der Waals surface area (Å²) in [5.74, 6) is 0.980. The molecule has 17 heavy (non-hydrogen) atoms. The molecular formula is C11H14N4O2. The Balaban J connectivity index is 2.14. The van der Waals surface area contributed by atoms with Crippen molar-refractivity contribution < 1.29 is 9.21 Å². The number of aryl methyl sites for hydroxylation is 2. The molecule has 0 aliphatic heterocycles. The van der Waals surface area contributed by atoms with E-state index in [4.69, 9.17) is 10.2 Å². The van der Waals surface area contributed by atoms with Gasteiger partial charge < -0.3 is 15.5 Å². The van der Waals surface area contributed by atoms with Gasteiger partial charge >= 0.3 is 0 Å². The molecule has 0 unspecified atom stereocenters. The molecule has 0 aromatic carbocycles. The quantitative estimate of drug-likeness (QED) is 0.753. The third-order valence-corrected chi connectivity index (χ3v) is 2.46. The molecule has 1 amide bonds. The number of aromatic nitrogens is 2. The van der Waals surface area contributed by atoms with Gasteiger partial charge in [0.1, 0.15) is 5.76 Å². The number of carbonyl (C=O) groups is 1. The number of nitrogens with zero attached hydrogens (tertiary/aromatic N) is 1. The fraction of sp³-hybridized carbons (Fsp3) is 0.273. The second kappa shape index (κ2) is 4.32. The maximum absolute atomic E-state index is 11.8. The zero-order valence-electron chi connectivity index (χ0n) is 9.70. The van der Waals surface area contributed by atoms with Gasteiger partial charge in [-0.05, 0) is 19.1 Å². The van der Waals surface area contributed by atoms with Crippen molar-refractivity contribution in [3.8, 4) is 0 Å². The van der Waals surface area contributed by atoms with E-state index in [0.717, 1.165) is 12.2 Å². The van der Waals surface area contributed by atoms with E-state index in [1.54, 1.807) is 19.1 Å². The van der Waals surface area contributed by atoms with Crippen molar-refractivity contribution in [2.45, 2.75) is 20.3 Å². The summed E-state index contributed by atoms with van der Waals surface area (Å²) >= 11 is 0. The Morgan fingerprint density at radius 2 is 2.35 bits per heavy atom. The highest BCUT2D eigenvalue weighted by Crippen LogP contribution is 2.19. The van der Waals surface area contributed by atoms with Crippen LogP contribution in [0.5, 0.6) is 0 Å². The second-order valence-corrected chi connectivity index (χ2v) is 3.68. The van der Waals surface area contributed by atoms with Gasteiger partial charge in [0.25, 0.3) is 5.91 Å². The average Bonchev–Trinajstić information content (AvgIpc) is 2.91. The zero-order chi connectivity index (χ0) is 12.4. The number of H-pyrrole nitrogens is 1. The van der Waals surface area contributed by atoms with Crippen LogP contribution in [0.3, 0.4) is 0 Å². The molecular weight excluding hydrogens is 220 g/mol. The Morgan fingerprint density at radius 3 is 2.88 bits per heavy atom. The van der Waals surface area contributed by atoms with Gasteiger partial charge in [-0.2, -0.15) is 5.10 Å². The SMILES string of the molecule is CCc1ccc(C(=O)Nc2n[nH]c(C)c2N)o1. The number of carbonyl (C=O) groups excluding carboxylic acids is 1. The smallest absolute Gasteiger partial charge is 0.292 e. The van der Waals surface area contributed by atoms with Crippen molar-refractivity contribution >= 4 is 17.4 Å². The Bertz CT molecular complexity index is 541. The summed E-state index contributed by atoms with van der Waals surface area (Å²) < 4.78 is 5.32. The number of furan rings is 1. The lowest BCUT2D eigenvalue weighted by Crippen LogP contribution is -2.12. The molecule has 90 valence electrons. The molecule has 2 heterocycles. The van der Waals surface area contributed by atoms with E-state index in [9.17, 15) is 4.79 Å². The van der Waals surface area contributed by atoms with E-state index in [1.165, 1.54) is 0 Å². The van der Waals surface area contributed by atoms with Crippen molar-refractivity contribution in [3.63, 3.8) is 0 Å². The third kappa shape index (κ3) is 2.15. The number of anilines is 2. The van der Waals surface area contributed by atoms with Crippen LogP contribution in [0.25, 0.3) is 0 Å². The van der Waals surface area contributed by atoms with Crippen LogP contribution in [0.2, 0.25) is 0 Å². The van der Waals surface area contributed by atoms with Crippen LogP contribution in [-0.4, -0.2) is 16.1 Å². The Labute approximate surface area is 98.2 Å². The second-order valence-electron chi connectivity index (χ2n) is 3.68. The minimum atomic E-state index is -0.358. The lowest BCUT2D eigenvalue weighted by molar-refractivity contribution is 0.0994. The summed E-state index contributed by atoms with van der Waals surface area (Å²) in [7, 11) is 0. The largest absolute Gasteiger partial charge is 0.456 e. The number of nitrogen functional groups attached to an aromatic ring is 1. The number of aromatic amines is 1. The maximum Gasteiger partial charge on any atom is 0.292 e. The van der Waals surface area contributed by atoms with Crippen LogP contribution in [0.15, 0.2) is 16.5 Å². The fourth-order valence-corrected chi connectivity index (χ4v) is 1.39. The minimum absolute atomic E-state index is 0.252. The molecule has 0 spiro atoms. The number of nitrogens with two attached hydrogens (primary N) is 1. The molecule has 0 bridgehead atoms. The number of rotatable bonds is 3. The topological polar surface area (TPSA) is 96.9 Å². The van der Waals surface area contributed by atoms with Crippen molar-refractivity contribution in [3.05, 3.63) is 29.3 Å². The average molecular weight is 234 g/mol. The Kier molecular flexibility index (Phi) is 2.86. The number of nitrogens with one attached hydrogen (secondary N) is 2. The molecule has 0 aliphatic carbocycles. The number of hydrogen-bond donors (Lipinski definition) is 3. The summed E-state index contributed by atoms with van der Waals surface area (Å²) in [4.78, 5) is 11.8. The van der Waals surface area contributed by atoms with E-state index >= 15 is 0 Å². The Morgan fingerprint density at radius 1 is 1.59 bits per heavy atom. The molecule has 2 aromatic rings. The van der Waals surface area contributed by atoms with Gasteiger partial charge in [-0.15, -0.1) is 0 Å². The highest BCUT2D eigenvalue weighted by molar-refractivity contribution is 6.03. The molecule has 0 aliphatic rings. The van der Waals surface area contributed by atoms with E-state index in [2.05, 4.69) is 15.5 Å². The standard InChI is InChI=1S/C11H14N4O2/c1-3-7-4-5-8(17-7)11(16)13-10-9(12)6(2)14-15-10/h4-5H,3,12H2,1-2H3,(H2,13,14,15,16). The molecule has 2 aromatic heterocycles. The monoisotopic (exact) mass is 234 g/mol. The normalized spacial score (nSPS) is 10.5. The van der Waals surface area contributed by atoms with Crippen LogP contribution in [0.1, 0.15) is 28.9 Å². The number of hydrogen-bond acceptors (Lipinski definition) is 4. The molecule has 0 fully saturated rings. The first-order valence-electron chi connectivity index (χ1n) is 5.32. The van der Waals surface area contributed by atoms with Crippen LogP contribution in [-0.2, 0) is 6.42 Å². The fourth-order valence-electron chi connectivity index (χ4n) is 1.39. The molecule has 6 heteroatoms. The van der Waals surface area contributed by atoms with Crippen LogP contribution >= 0.6 is 0 Å². The van der Waals surface area contributed by atoms with Gasteiger partial charge in [0.2, 0.25) is 0 Å². The van der Waals surface area contributed by atoms with Gasteiger partial charge in [-0.25, -0.2) is 0 Å². The molecule has 4 N–H and O–H groups in total. The summed E-state index contributed by atoms with van der Waals surface area (Å²) in [6.07, 6.45) is 0.747. The highest BCUT2D eigenvalue weighted by atomic mass is 16.3. The summed E-state index contributed by atoms with van der Waals surface area (Å²) in [5, 5.41) is 9.16. The minimum Gasteiger partial charge on any atom is -0.456 e. The summed E-state index contributed by atoms with van der Waals surface area (Å²) in [6, 6.07) is 3.40. The zero-order valence-corrected chi connectivity index (χ0v) is 9.70. The van der Waals surface area contributed by atoms with Crippen molar-refractivity contribution in [1.29, 1.82) is 0 Å². The van der Waals surface area contributed by atoms with Gasteiger partial charge in [0.05, 0.1) is 11.4 Å². The number of amides is 1. The van der Waals surface area contributed by atoms with E-state index in [-0.39, 0.29) is 11.7 Å². The molecule has 6 nitrogen and oxygen atoms in total.